The molecule has 1 saturated heterocycles. The van der Waals surface area contributed by atoms with Crippen LogP contribution in [0.1, 0.15) is 25.3 Å². The van der Waals surface area contributed by atoms with E-state index in [2.05, 4.69) is 5.32 Å². The average Bonchev–Trinajstić information content (AvgIpc) is 2.53. The van der Waals surface area contributed by atoms with E-state index in [1.165, 1.54) is 16.1 Å². The van der Waals surface area contributed by atoms with Crippen molar-refractivity contribution in [2.24, 2.45) is 5.92 Å². The number of piperidine rings is 1. The highest BCUT2D eigenvalue weighted by molar-refractivity contribution is 7.88. The lowest BCUT2D eigenvalue weighted by molar-refractivity contribution is -0.126. The summed E-state index contributed by atoms with van der Waals surface area (Å²) in [5.74, 6) is 0.621. The number of nitrogens with zero attached hydrogens (tertiary/aromatic N) is 1. The van der Waals surface area contributed by atoms with Gasteiger partial charge in [-0.3, -0.25) is 4.79 Å². The summed E-state index contributed by atoms with van der Waals surface area (Å²) in [6, 6.07) is 7.67. The van der Waals surface area contributed by atoms with Gasteiger partial charge in [-0.1, -0.05) is 17.7 Å². The van der Waals surface area contributed by atoms with Gasteiger partial charge in [0.25, 0.3) is 0 Å². The Hall–Kier alpha value is -1.60. The number of rotatable bonds is 6. The Morgan fingerprint density at radius 3 is 2.42 bits per heavy atom. The number of carbonyl (C=O) groups excluding carboxylic acids is 1. The van der Waals surface area contributed by atoms with Crippen LogP contribution in [-0.2, 0) is 14.8 Å². The first-order valence-electron chi connectivity index (χ1n) is 8.20. The Morgan fingerprint density at radius 2 is 1.88 bits per heavy atom. The Labute approximate surface area is 144 Å². The van der Waals surface area contributed by atoms with E-state index in [9.17, 15) is 13.2 Å². The van der Waals surface area contributed by atoms with Crippen LogP contribution in [0.4, 0.5) is 0 Å². The minimum Gasteiger partial charge on any atom is -0.491 e. The largest absolute Gasteiger partial charge is 0.491 e. The van der Waals surface area contributed by atoms with Crippen LogP contribution < -0.4 is 10.1 Å². The molecule has 0 bridgehead atoms. The van der Waals surface area contributed by atoms with Gasteiger partial charge in [-0.05, 0) is 38.8 Å². The van der Waals surface area contributed by atoms with Gasteiger partial charge in [0.15, 0.2) is 0 Å². The molecular weight excluding hydrogens is 328 g/mol. The average molecular weight is 354 g/mol. The van der Waals surface area contributed by atoms with E-state index < -0.39 is 10.0 Å². The highest BCUT2D eigenvalue weighted by Crippen LogP contribution is 2.19. The highest BCUT2D eigenvalue weighted by atomic mass is 32.2. The van der Waals surface area contributed by atoms with E-state index >= 15 is 0 Å². The first kappa shape index (κ1) is 18.7. The lowest BCUT2D eigenvalue weighted by Gasteiger charge is -2.30. The van der Waals surface area contributed by atoms with E-state index in [1.807, 2.05) is 38.1 Å². The molecule has 1 fully saturated rings. The van der Waals surface area contributed by atoms with Crippen molar-refractivity contribution >= 4 is 15.9 Å². The molecular formula is C17H26N2O4S. The fraction of sp³-hybridized carbons (Fsp3) is 0.588. The fourth-order valence-corrected chi connectivity index (χ4v) is 3.58. The summed E-state index contributed by atoms with van der Waals surface area (Å²) in [4.78, 5) is 12.3. The maximum atomic E-state index is 12.3. The van der Waals surface area contributed by atoms with E-state index in [-0.39, 0.29) is 17.9 Å². The molecule has 0 spiro atoms. The predicted molar refractivity (Wildman–Crippen MR) is 93.4 cm³/mol. The van der Waals surface area contributed by atoms with Crippen molar-refractivity contribution < 1.29 is 17.9 Å². The third-order valence-corrected chi connectivity index (χ3v) is 5.51. The molecule has 1 aliphatic rings. The van der Waals surface area contributed by atoms with E-state index in [0.29, 0.717) is 32.5 Å². The van der Waals surface area contributed by atoms with Gasteiger partial charge in [-0.15, -0.1) is 0 Å². The van der Waals surface area contributed by atoms with E-state index in [4.69, 9.17) is 4.74 Å². The van der Waals surface area contributed by atoms with Crippen molar-refractivity contribution in [1.82, 2.24) is 9.62 Å². The Bertz CT molecular complexity index is 650. The molecule has 1 amide bonds. The van der Waals surface area contributed by atoms with Crippen molar-refractivity contribution in [2.45, 2.75) is 32.7 Å². The lowest BCUT2D eigenvalue weighted by atomic mass is 9.97. The second-order valence-corrected chi connectivity index (χ2v) is 8.45. The second kappa shape index (κ2) is 7.98. The number of hydrogen-bond acceptors (Lipinski definition) is 4. The third-order valence-electron chi connectivity index (χ3n) is 4.20. The quantitative estimate of drug-likeness (QED) is 0.841. The third kappa shape index (κ3) is 5.49. The Kier molecular flexibility index (Phi) is 6.23. The van der Waals surface area contributed by atoms with Crippen molar-refractivity contribution in [1.29, 1.82) is 0 Å². The van der Waals surface area contributed by atoms with E-state index in [0.717, 1.165) is 5.75 Å². The molecule has 0 aliphatic carbocycles. The van der Waals surface area contributed by atoms with Gasteiger partial charge in [0.05, 0.1) is 12.3 Å². The summed E-state index contributed by atoms with van der Waals surface area (Å²) >= 11 is 0. The van der Waals surface area contributed by atoms with Crippen LogP contribution in [0.15, 0.2) is 24.3 Å². The molecule has 134 valence electrons. The monoisotopic (exact) mass is 354 g/mol. The molecule has 1 aromatic carbocycles. The maximum absolute atomic E-state index is 12.3. The van der Waals surface area contributed by atoms with Gasteiger partial charge < -0.3 is 10.1 Å². The molecule has 24 heavy (non-hydrogen) atoms. The fourth-order valence-electron chi connectivity index (χ4n) is 2.71. The zero-order chi connectivity index (χ0) is 17.7. The molecule has 1 unspecified atom stereocenters. The summed E-state index contributed by atoms with van der Waals surface area (Å²) in [7, 11) is -3.16. The van der Waals surface area contributed by atoms with Gasteiger partial charge in [0.2, 0.25) is 15.9 Å². The lowest BCUT2D eigenvalue weighted by Crippen LogP contribution is -2.45. The molecule has 1 heterocycles. The molecule has 0 aromatic heterocycles. The van der Waals surface area contributed by atoms with Gasteiger partial charge >= 0.3 is 0 Å². The molecule has 2 rings (SSSR count). The summed E-state index contributed by atoms with van der Waals surface area (Å²) < 4.78 is 30.1. The minimum atomic E-state index is -3.16. The summed E-state index contributed by atoms with van der Waals surface area (Å²) in [5.41, 5.74) is 1.17. The number of carbonyl (C=O) groups is 1. The molecule has 7 heteroatoms. The van der Waals surface area contributed by atoms with Crippen molar-refractivity contribution in [3.8, 4) is 5.75 Å². The number of amides is 1. The molecule has 0 saturated carbocycles. The first-order valence-corrected chi connectivity index (χ1v) is 10.1. The zero-order valence-corrected chi connectivity index (χ0v) is 15.3. The van der Waals surface area contributed by atoms with Crippen LogP contribution in [0.2, 0.25) is 0 Å². The number of nitrogens with one attached hydrogen (secondary N) is 1. The van der Waals surface area contributed by atoms with Crippen LogP contribution in [-0.4, -0.2) is 50.6 Å². The molecule has 1 aromatic rings. The summed E-state index contributed by atoms with van der Waals surface area (Å²) in [6.07, 6.45) is 2.33. The van der Waals surface area contributed by atoms with Gasteiger partial charge in [0.1, 0.15) is 12.4 Å². The van der Waals surface area contributed by atoms with Gasteiger partial charge in [-0.25, -0.2) is 12.7 Å². The molecule has 0 radical (unpaired) electrons. The topological polar surface area (TPSA) is 75.7 Å². The number of sulfonamides is 1. The maximum Gasteiger partial charge on any atom is 0.223 e. The van der Waals surface area contributed by atoms with Crippen LogP contribution in [0.3, 0.4) is 0 Å². The van der Waals surface area contributed by atoms with Crippen LogP contribution in [0, 0.1) is 12.8 Å². The number of ether oxygens (including phenoxy) is 1. The molecule has 6 nitrogen and oxygen atoms in total. The minimum absolute atomic E-state index is 0.0249. The second-order valence-electron chi connectivity index (χ2n) is 6.47. The van der Waals surface area contributed by atoms with Crippen molar-refractivity contribution in [3.05, 3.63) is 29.8 Å². The molecule has 1 atom stereocenters. The van der Waals surface area contributed by atoms with Crippen LogP contribution in [0.5, 0.6) is 5.75 Å². The van der Waals surface area contributed by atoms with Crippen molar-refractivity contribution in [2.75, 3.05) is 26.0 Å². The van der Waals surface area contributed by atoms with E-state index in [1.54, 1.807) is 0 Å². The Morgan fingerprint density at radius 1 is 1.29 bits per heavy atom. The molecule has 1 aliphatic heterocycles. The Balaban J connectivity index is 1.75. The SMILES string of the molecule is Cc1ccc(OCC(C)NC(=O)C2CCN(S(C)(=O)=O)CC2)cc1. The first-order chi connectivity index (χ1) is 11.3. The van der Waals surface area contributed by atoms with Crippen LogP contribution in [0.25, 0.3) is 0 Å². The predicted octanol–water partition coefficient (Wildman–Crippen LogP) is 1.55. The number of benzene rings is 1. The summed E-state index contributed by atoms with van der Waals surface area (Å²) in [5, 5.41) is 2.95. The van der Waals surface area contributed by atoms with Gasteiger partial charge in [-0.2, -0.15) is 0 Å². The van der Waals surface area contributed by atoms with Crippen LogP contribution >= 0.6 is 0 Å². The highest BCUT2D eigenvalue weighted by Gasteiger charge is 2.29. The zero-order valence-electron chi connectivity index (χ0n) is 14.5. The molecule has 1 N–H and O–H groups in total. The normalized spacial score (nSPS) is 18.1. The van der Waals surface area contributed by atoms with Gasteiger partial charge in [0, 0.05) is 19.0 Å². The van der Waals surface area contributed by atoms with Crippen molar-refractivity contribution in [3.63, 3.8) is 0 Å². The standard InChI is InChI=1S/C17H26N2O4S/c1-13-4-6-16(7-5-13)23-12-14(2)18-17(20)15-8-10-19(11-9-15)24(3,21)22/h4-7,14-15H,8-12H2,1-3H3,(H,18,20). The number of hydrogen-bond donors (Lipinski definition) is 1. The smallest absolute Gasteiger partial charge is 0.223 e. The number of aryl methyl sites for hydroxylation is 1. The summed E-state index contributed by atoms with van der Waals surface area (Å²) in [6.45, 7) is 5.13.